The van der Waals surface area contributed by atoms with E-state index >= 15 is 0 Å². The lowest BCUT2D eigenvalue weighted by molar-refractivity contribution is 0.626. The number of hydrogen-bond donors (Lipinski definition) is 2. The van der Waals surface area contributed by atoms with Gasteiger partial charge in [0.1, 0.15) is 10.8 Å². The molecule has 2 aromatic carbocycles. The molecule has 0 amide bonds. The van der Waals surface area contributed by atoms with E-state index in [1.54, 1.807) is 12.1 Å². The van der Waals surface area contributed by atoms with E-state index in [9.17, 15) is 4.39 Å². The van der Waals surface area contributed by atoms with Gasteiger partial charge in [-0.2, -0.15) is 0 Å². The zero-order valence-corrected chi connectivity index (χ0v) is 12.1. The third kappa shape index (κ3) is 3.78. The second kappa shape index (κ2) is 6.48. The fourth-order valence-corrected chi connectivity index (χ4v) is 2.29. The molecule has 0 radical (unpaired) electrons. The van der Waals surface area contributed by atoms with Crippen LogP contribution >= 0.6 is 12.2 Å². The van der Waals surface area contributed by atoms with Gasteiger partial charge in [0, 0.05) is 17.3 Å². The molecular formula is C16H17FN2S. The Morgan fingerprint density at radius 1 is 1.20 bits per heavy atom. The van der Waals surface area contributed by atoms with Gasteiger partial charge in [-0.05, 0) is 43.2 Å². The fourth-order valence-electron chi connectivity index (χ4n) is 2.11. The number of thiocarbonyl (C=S) groups is 1. The average Bonchev–Trinajstić information content (AvgIpc) is 2.41. The van der Waals surface area contributed by atoms with E-state index in [0.717, 1.165) is 23.2 Å². The van der Waals surface area contributed by atoms with Gasteiger partial charge in [-0.25, -0.2) is 4.39 Å². The monoisotopic (exact) mass is 288 g/mol. The first-order valence-electron chi connectivity index (χ1n) is 6.46. The normalized spacial score (nSPS) is 11.9. The zero-order valence-electron chi connectivity index (χ0n) is 11.3. The van der Waals surface area contributed by atoms with Crippen molar-refractivity contribution in [3.8, 4) is 0 Å². The first-order chi connectivity index (χ1) is 9.56. The summed E-state index contributed by atoms with van der Waals surface area (Å²) in [5.41, 5.74) is 8.56. The number of anilines is 1. The van der Waals surface area contributed by atoms with Crippen LogP contribution in [-0.2, 0) is 6.42 Å². The molecular weight excluding hydrogens is 271 g/mol. The standard InChI is InChI=1S/C16H17FN2S/c1-11(10-12-6-8-13(17)9-7-12)19-15-5-3-2-4-14(15)16(18)20/h2-9,11,19H,10H2,1H3,(H2,18,20). The lowest BCUT2D eigenvalue weighted by Gasteiger charge is -2.18. The molecule has 2 nitrogen and oxygen atoms in total. The van der Waals surface area contributed by atoms with Crippen molar-refractivity contribution in [2.24, 2.45) is 5.73 Å². The van der Waals surface area contributed by atoms with E-state index < -0.39 is 0 Å². The zero-order chi connectivity index (χ0) is 14.5. The molecule has 0 fully saturated rings. The van der Waals surface area contributed by atoms with Gasteiger partial charge < -0.3 is 11.1 Å². The molecule has 0 saturated carbocycles. The Morgan fingerprint density at radius 3 is 2.50 bits per heavy atom. The molecule has 20 heavy (non-hydrogen) atoms. The number of benzene rings is 2. The molecule has 3 N–H and O–H groups in total. The van der Waals surface area contributed by atoms with Crippen LogP contribution in [0.3, 0.4) is 0 Å². The number of hydrogen-bond acceptors (Lipinski definition) is 2. The van der Waals surface area contributed by atoms with Gasteiger partial charge in [0.15, 0.2) is 0 Å². The summed E-state index contributed by atoms with van der Waals surface area (Å²) < 4.78 is 12.9. The SMILES string of the molecule is CC(Cc1ccc(F)cc1)Nc1ccccc1C(N)=S. The Labute approximate surface area is 123 Å². The highest BCUT2D eigenvalue weighted by Gasteiger charge is 2.08. The van der Waals surface area contributed by atoms with Gasteiger partial charge >= 0.3 is 0 Å². The van der Waals surface area contributed by atoms with Gasteiger partial charge in [-0.1, -0.05) is 36.5 Å². The highest BCUT2D eigenvalue weighted by molar-refractivity contribution is 7.80. The molecule has 4 heteroatoms. The number of para-hydroxylation sites is 1. The van der Waals surface area contributed by atoms with Crippen molar-refractivity contribution >= 4 is 22.9 Å². The summed E-state index contributed by atoms with van der Waals surface area (Å²) in [4.78, 5) is 0.377. The summed E-state index contributed by atoms with van der Waals surface area (Å²) in [6, 6.07) is 14.4. The summed E-state index contributed by atoms with van der Waals surface area (Å²) in [6.45, 7) is 2.07. The van der Waals surface area contributed by atoms with E-state index in [2.05, 4.69) is 12.2 Å². The second-order valence-corrected chi connectivity index (χ2v) is 5.23. The fraction of sp³-hybridized carbons (Fsp3) is 0.188. The van der Waals surface area contributed by atoms with Crippen molar-refractivity contribution in [1.29, 1.82) is 0 Å². The van der Waals surface area contributed by atoms with Gasteiger partial charge in [-0.15, -0.1) is 0 Å². The Kier molecular flexibility index (Phi) is 4.69. The van der Waals surface area contributed by atoms with Crippen LogP contribution in [0, 0.1) is 5.82 Å². The first kappa shape index (κ1) is 14.5. The Balaban J connectivity index is 2.06. The van der Waals surface area contributed by atoms with Crippen LogP contribution in [0.2, 0.25) is 0 Å². The van der Waals surface area contributed by atoms with E-state index in [4.69, 9.17) is 18.0 Å². The summed E-state index contributed by atoms with van der Waals surface area (Å²) in [6.07, 6.45) is 0.798. The highest BCUT2D eigenvalue weighted by Crippen LogP contribution is 2.17. The molecule has 104 valence electrons. The van der Waals surface area contributed by atoms with Gasteiger partial charge in [0.05, 0.1) is 0 Å². The van der Waals surface area contributed by atoms with Crippen LogP contribution < -0.4 is 11.1 Å². The molecule has 0 spiro atoms. The molecule has 0 aliphatic carbocycles. The first-order valence-corrected chi connectivity index (χ1v) is 6.87. The molecule has 1 unspecified atom stereocenters. The molecule has 1 atom stereocenters. The van der Waals surface area contributed by atoms with Crippen LogP contribution in [0.15, 0.2) is 48.5 Å². The van der Waals surface area contributed by atoms with Crippen LogP contribution in [-0.4, -0.2) is 11.0 Å². The average molecular weight is 288 g/mol. The summed E-state index contributed by atoms with van der Waals surface area (Å²) in [7, 11) is 0. The lowest BCUT2D eigenvalue weighted by atomic mass is 10.1. The number of nitrogens with two attached hydrogens (primary N) is 1. The maximum absolute atomic E-state index is 12.9. The quantitative estimate of drug-likeness (QED) is 0.827. The van der Waals surface area contributed by atoms with Crippen LogP contribution in [0.1, 0.15) is 18.1 Å². The minimum Gasteiger partial charge on any atom is -0.389 e. The number of nitrogens with one attached hydrogen (secondary N) is 1. The minimum atomic E-state index is -0.215. The van der Waals surface area contributed by atoms with E-state index in [1.807, 2.05) is 24.3 Å². The molecule has 0 bridgehead atoms. The minimum absolute atomic E-state index is 0.191. The van der Waals surface area contributed by atoms with Crippen molar-refractivity contribution in [3.63, 3.8) is 0 Å². The largest absolute Gasteiger partial charge is 0.389 e. The maximum atomic E-state index is 12.9. The van der Waals surface area contributed by atoms with Crippen molar-refractivity contribution < 1.29 is 4.39 Å². The predicted octanol–water partition coefficient (Wildman–Crippen LogP) is 3.50. The predicted molar refractivity (Wildman–Crippen MR) is 85.5 cm³/mol. The Hall–Kier alpha value is -1.94. The molecule has 0 saturated heterocycles. The summed E-state index contributed by atoms with van der Waals surface area (Å²) in [5.74, 6) is -0.215. The second-order valence-electron chi connectivity index (χ2n) is 4.79. The lowest BCUT2D eigenvalue weighted by Crippen LogP contribution is -2.21. The van der Waals surface area contributed by atoms with E-state index in [0.29, 0.717) is 4.99 Å². The highest BCUT2D eigenvalue weighted by atomic mass is 32.1. The smallest absolute Gasteiger partial charge is 0.123 e. The van der Waals surface area contributed by atoms with Crippen LogP contribution in [0.25, 0.3) is 0 Å². The molecule has 2 aromatic rings. The van der Waals surface area contributed by atoms with Gasteiger partial charge in [0.2, 0.25) is 0 Å². The molecule has 0 aliphatic heterocycles. The topological polar surface area (TPSA) is 38.0 Å². The third-order valence-corrected chi connectivity index (χ3v) is 3.27. The van der Waals surface area contributed by atoms with Crippen LogP contribution in [0.4, 0.5) is 10.1 Å². The number of halogens is 1. The Bertz CT molecular complexity index is 596. The van der Waals surface area contributed by atoms with Crippen molar-refractivity contribution in [1.82, 2.24) is 0 Å². The van der Waals surface area contributed by atoms with Crippen molar-refractivity contribution in [3.05, 3.63) is 65.5 Å². The van der Waals surface area contributed by atoms with E-state index in [-0.39, 0.29) is 11.9 Å². The van der Waals surface area contributed by atoms with Crippen LogP contribution in [0.5, 0.6) is 0 Å². The van der Waals surface area contributed by atoms with Crippen molar-refractivity contribution in [2.45, 2.75) is 19.4 Å². The molecule has 0 heterocycles. The van der Waals surface area contributed by atoms with Gasteiger partial charge in [-0.3, -0.25) is 0 Å². The maximum Gasteiger partial charge on any atom is 0.123 e. The van der Waals surface area contributed by atoms with E-state index in [1.165, 1.54) is 12.1 Å². The molecule has 0 aromatic heterocycles. The molecule has 2 rings (SSSR count). The summed E-state index contributed by atoms with van der Waals surface area (Å²) >= 11 is 5.04. The number of rotatable bonds is 5. The summed E-state index contributed by atoms with van der Waals surface area (Å²) in [5, 5.41) is 3.39. The Morgan fingerprint density at radius 2 is 1.85 bits per heavy atom. The third-order valence-electron chi connectivity index (χ3n) is 3.05. The molecule has 0 aliphatic rings. The van der Waals surface area contributed by atoms with Gasteiger partial charge in [0.25, 0.3) is 0 Å². The van der Waals surface area contributed by atoms with Crippen molar-refractivity contribution in [2.75, 3.05) is 5.32 Å².